The second-order valence-electron chi connectivity index (χ2n) is 4.56. The molecule has 0 aliphatic carbocycles. The number of carbonyl (C=O) groups excluding carboxylic acids is 1. The van der Waals surface area contributed by atoms with Gasteiger partial charge in [0, 0.05) is 13.7 Å². The predicted octanol–water partition coefficient (Wildman–Crippen LogP) is 0.764. The molecule has 1 aliphatic heterocycles. The molecule has 0 fully saturated rings. The summed E-state index contributed by atoms with van der Waals surface area (Å²) in [6, 6.07) is 7.98. The van der Waals surface area contributed by atoms with Crippen molar-refractivity contribution in [3.8, 4) is 5.75 Å². The van der Waals surface area contributed by atoms with Crippen molar-refractivity contribution in [1.82, 2.24) is 10.6 Å². The first-order valence-electron chi connectivity index (χ1n) is 6.49. The number of halogens is 1. The van der Waals surface area contributed by atoms with Crippen LogP contribution >= 0.6 is 12.4 Å². The molecule has 1 aliphatic rings. The lowest BCUT2D eigenvalue weighted by Crippen LogP contribution is -2.46. The topological polar surface area (TPSA) is 59.6 Å². The van der Waals surface area contributed by atoms with E-state index in [4.69, 9.17) is 9.47 Å². The Hall–Kier alpha value is -1.30. The van der Waals surface area contributed by atoms with Crippen molar-refractivity contribution < 1.29 is 14.3 Å². The third-order valence-corrected chi connectivity index (χ3v) is 3.01. The summed E-state index contributed by atoms with van der Waals surface area (Å²) in [4.78, 5) is 11.7. The van der Waals surface area contributed by atoms with Crippen molar-refractivity contribution in [2.75, 3.05) is 33.4 Å². The maximum Gasteiger partial charge on any atom is 0.234 e. The van der Waals surface area contributed by atoms with Crippen LogP contribution in [0, 0.1) is 0 Å². The van der Waals surface area contributed by atoms with Gasteiger partial charge in [0.1, 0.15) is 12.4 Å². The molecule has 0 aromatic heterocycles. The van der Waals surface area contributed by atoms with E-state index in [2.05, 4.69) is 10.6 Å². The summed E-state index contributed by atoms with van der Waals surface area (Å²) in [5.74, 6) is 0.912. The summed E-state index contributed by atoms with van der Waals surface area (Å²) >= 11 is 0. The Bertz CT molecular complexity index is 429. The van der Waals surface area contributed by atoms with Crippen molar-refractivity contribution in [3.05, 3.63) is 29.8 Å². The Morgan fingerprint density at radius 3 is 3.05 bits per heavy atom. The summed E-state index contributed by atoms with van der Waals surface area (Å²) in [5, 5.41) is 5.99. The van der Waals surface area contributed by atoms with Crippen molar-refractivity contribution in [3.63, 3.8) is 0 Å². The number of hydrogen-bond donors (Lipinski definition) is 2. The highest BCUT2D eigenvalue weighted by Gasteiger charge is 2.20. The van der Waals surface area contributed by atoms with E-state index in [-0.39, 0.29) is 24.4 Å². The van der Waals surface area contributed by atoms with Gasteiger partial charge in [-0.25, -0.2) is 0 Å². The molecule has 1 amide bonds. The minimum atomic E-state index is -0.0101. The van der Waals surface area contributed by atoms with E-state index >= 15 is 0 Å². The van der Waals surface area contributed by atoms with Crippen molar-refractivity contribution >= 4 is 18.3 Å². The van der Waals surface area contributed by atoms with Crippen molar-refractivity contribution in [1.29, 1.82) is 0 Å². The highest BCUT2D eigenvalue weighted by atomic mass is 35.5. The maximum atomic E-state index is 11.7. The van der Waals surface area contributed by atoms with Gasteiger partial charge in [-0.15, -0.1) is 12.4 Å². The Kier molecular flexibility index (Phi) is 7.36. The summed E-state index contributed by atoms with van der Waals surface area (Å²) in [6.07, 6.45) is 0.819. The minimum absolute atomic E-state index is 0. The number of fused-ring (bicyclic) bond motifs is 1. The summed E-state index contributed by atoms with van der Waals surface area (Å²) in [5.41, 5.74) is 1.14. The van der Waals surface area contributed by atoms with E-state index in [0.29, 0.717) is 26.3 Å². The number of amides is 1. The van der Waals surface area contributed by atoms with Crippen LogP contribution in [0.4, 0.5) is 0 Å². The van der Waals surface area contributed by atoms with Gasteiger partial charge in [-0.05, 0) is 18.1 Å². The molecule has 0 bridgehead atoms. The summed E-state index contributed by atoms with van der Waals surface area (Å²) < 4.78 is 10.5. The normalized spacial score (nSPS) is 16.6. The Morgan fingerprint density at radius 1 is 1.45 bits per heavy atom. The molecule has 0 saturated carbocycles. The van der Waals surface area contributed by atoms with Gasteiger partial charge < -0.3 is 20.1 Å². The van der Waals surface area contributed by atoms with Gasteiger partial charge >= 0.3 is 0 Å². The number of methoxy groups -OCH3 is 1. The minimum Gasteiger partial charge on any atom is -0.491 e. The van der Waals surface area contributed by atoms with Crippen LogP contribution in [0.5, 0.6) is 5.75 Å². The van der Waals surface area contributed by atoms with E-state index in [1.54, 1.807) is 7.11 Å². The molecule has 112 valence electrons. The second kappa shape index (κ2) is 8.79. The molecular weight excluding hydrogens is 280 g/mol. The standard InChI is InChI=1S/C14H20N2O3.ClH/c1-18-7-6-15-9-14(17)16-12-8-11-4-2-3-5-13(11)19-10-12;/h2-5,12,15H,6-10H2,1H3,(H,16,17);1H. The molecule has 1 aromatic carbocycles. The number of nitrogens with one attached hydrogen (secondary N) is 2. The number of rotatable bonds is 6. The van der Waals surface area contributed by atoms with Gasteiger partial charge in [0.25, 0.3) is 0 Å². The smallest absolute Gasteiger partial charge is 0.234 e. The van der Waals surface area contributed by atoms with Gasteiger partial charge in [-0.3, -0.25) is 4.79 Å². The first-order valence-corrected chi connectivity index (χ1v) is 6.49. The molecule has 2 N–H and O–H groups in total. The first kappa shape index (κ1) is 16.8. The zero-order valence-electron chi connectivity index (χ0n) is 11.6. The average Bonchev–Trinajstić information content (AvgIpc) is 2.43. The SMILES string of the molecule is COCCNCC(=O)NC1COc2ccccc2C1.Cl. The van der Waals surface area contributed by atoms with Crippen LogP contribution in [0.1, 0.15) is 5.56 Å². The number of ether oxygens (including phenoxy) is 2. The van der Waals surface area contributed by atoms with E-state index in [0.717, 1.165) is 17.7 Å². The van der Waals surface area contributed by atoms with Crippen LogP contribution in [0.3, 0.4) is 0 Å². The molecule has 5 nitrogen and oxygen atoms in total. The lowest BCUT2D eigenvalue weighted by molar-refractivity contribution is -0.121. The maximum absolute atomic E-state index is 11.7. The van der Waals surface area contributed by atoms with E-state index in [1.807, 2.05) is 24.3 Å². The monoisotopic (exact) mass is 300 g/mol. The number of hydrogen-bond acceptors (Lipinski definition) is 4. The molecule has 20 heavy (non-hydrogen) atoms. The number of carbonyl (C=O) groups is 1. The van der Waals surface area contributed by atoms with Crippen LogP contribution < -0.4 is 15.4 Å². The van der Waals surface area contributed by atoms with Gasteiger partial charge in [0.15, 0.2) is 0 Å². The quantitative estimate of drug-likeness (QED) is 0.762. The Labute approximate surface area is 125 Å². The third-order valence-electron chi connectivity index (χ3n) is 3.01. The van der Waals surface area contributed by atoms with E-state index < -0.39 is 0 Å². The largest absolute Gasteiger partial charge is 0.491 e. The van der Waals surface area contributed by atoms with Crippen LogP contribution in [-0.2, 0) is 16.0 Å². The Morgan fingerprint density at radius 2 is 2.25 bits per heavy atom. The average molecular weight is 301 g/mol. The lowest BCUT2D eigenvalue weighted by atomic mass is 10.0. The second-order valence-corrected chi connectivity index (χ2v) is 4.56. The lowest BCUT2D eigenvalue weighted by Gasteiger charge is -2.26. The molecule has 6 heteroatoms. The number of benzene rings is 1. The van der Waals surface area contributed by atoms with Crippen LogP contribution in [-0.4, -0.2) is 45.4 Å². The molecule has 0 radical (unpaired) electrons. The fraction of sp³-hybridized carbons (Fsp3) is 0.500. The van der Waals surface area contributed by atoms with Gasteiger partial charge in [-0.1, -0.05) is 18.2 Å². The molecule has 1 atom stereocenters. The predicted molar refractivity (Wildman–Crippen MR) is 79.6 cm³/mol. The zero-order valence-corrected chi connectivity index (χ0v) is 12.4. The van der Waals surface area contributed by atoms with Gasteiger partial charge in [-0.2, -0.15) is 0 Å². The van der Waals surface area contributed by atoms with Crippen LogP contribution in [0.15, 0.2) is 24.3 Å². The van der Waals surface area contributed by atoms with Gasteiger partial charge in [0.2, 0.25) is 5.91 Å². The van der Waals surface area contributed by atoms with Crippen molar-refractivity contribution in [2.24, 2.45) is 0 Å². The Balaban J connectivity index is 0.00000200. The highest BCUT2D eigenvalue weighted by molar-refractivity contribution is 5.85. The molecule has 0 spiro atoms. The van der Waals surface area contributed by atoms with E-state index in [1.165, 1.54) is 0 Å². The number of para-hydroxylation sites is 1. The fourth-order valence-electron chi connectivity index (χ4n) is 2.08. The third kappa shape index (κ3) is 5.00. The molecule has 2 rings (SSSR count). The molecule has 1 heterocycles. The zero-order chi connectivity index (χ0) is 13.5. The van der Waals surface area contributed by atoms with E-state index in [9.17, 15) is 4.79 Å². The molecule has 1 aromatic rings. The fourth-order valence-corrected chi connectivity index (χ4v) is 2.08. The first-order chi connectivity index (χ1) is 9.29. The van der Waals surface area contributed by atoms with Crippen molar-refractivity contribution in [2.45, 2.75) is 12.5 Å². The molecule has 0 saturated heterocycles. The molecule has 1 unspecified atom stereocenters. The van der Waals surface area contributed by atoms with Crippen LogP contribution in [0.25, 0.3) is 0 Å². The van der Waals surface area contributed by atoms with Crippen LogP contribution in [0.2, 0.25) is 0 Å². The highest BCUT2D eigenvalue weighted by Crippen LogP contribution is 2.23. The summed E-state index contributed by atoms with van der Waals surface area (Å²) in [7, 11) is 1.64. The molecular formula is C14H21ClN2O3. The van der Waals surface area contributed by atoms with Gasteiger partial charge in [0.05, 0.1) is 19.2 Å². The summed E-state index contributed by atoms with van der Waals surface area (Å²) in [6.45, 7) is 2.11.